The lowest BCUT2D eigenvalue weighted by atomic mass is 10.1. The van der Waals surface area contributed by atoms with Crippen molar-refractivity contribution in [3.63, 3.8) is 0 Å². The number of nitrogens with one attached hydrogen (secondary N) is 1. The van der Waals surface area contributed by atoms with Crippen LogP contribution in [0.25, 0.3) is 0 Å². The summed E-state index contributed by atoms with van der Waals surface area (Å²) < 4.78 is 1.05. The third kappa shape index (κ3) is 3.28. The topological polar surface area (TPSA) is 35.6 Å². The summed E-state index contributed by atoms with van der Waals surface area (Å²) in [4.78, 5) is 16.4. The summed E-state index contributed by atoms with van der Waals surface area (Å²) in [5.41, 5.74) is 1.11. The van der Waals surface area contributed by atoms with Gasteiger partial charge in [-0.1, -0.05) is 22.0 Å². The molecule has 2 rings (SSSR count). The van der Waals surface area contributed by atoms with Gasteiger partial charge in [-0.25, -0.2) is 0 Å². The third-order valence-electron chi connectivity index (χ3n) is 3.52. The van der Waals surface area contributed by atoms with Crippen molar-refractivity contribution in [1.29, 1.82) is 0 Å². The quantitative estimate of drug-likeness (QED) is 0.915. The van der Waals surface area contributed by atoms with Crippen molar-refractivity contribution in [3.8, 4) is 0 Å². The van der Waals surface area contributed by atoms with E-state index < -0.39 is 0 Å². The summed E-state index contributed by atoms with van der Waals surface area (Å²) in [5.74, 6) is 0.210. The summed E-state index contributed by atoms with van der Waals surface area (Å²) in [6.07, 6.45) is 0.826. The summed E-state index contributed by atoms with van der Waals surface area (Å²) >= 11 is 3.49. The van der Waals surface area contributed by atoms with Gasteiger partial charge in [0, 0.05) is 30.3 Å². The number of rotatable bonds is 4. The molecule has 5 heteroatoms. The number of piperazine rings is 1. The zero-order valence-corrected chi connectivity index (χ0v) is 13.0. The lowest BCUT2D eigenvalue weighted by Crippen LogP contribution is -2.56. The van der Waals surface area contributed by atoms with Crippen molar-refractivity contribution >= 4 is 27.5 Å². The Bertz CT molecular complexity index is 452. The second-order valence-electron chi connectivity index (χ2n) is 4.84. The molecule has 1 heterocycles. The number of likely N-dealkylation sites (N-methyl/N-ethyl adjacent to an activating group) is 1. The Hall–Kier alpha value is -1.07. The van der Waals surface area contributed by atoms with Crippen LogP contribution in [0.2, 0.25) is 0 Å². The van der Waals surface area contributed by atoms with Crippen LogP contribution in [0.3, 0.4) is 0 Å². The van der Waals surface area contributed by atoms with Gasteiger partial charge in [0.25, 0.3) is 0 Å². The minimum Gasteiger partial charge on any atom is -0.358 e. The van der Waals surface area contributed by atoms with Crippen molar-refractivity contribution in [2.24, 2.45) is 0 Å². The molecular formula is C14H20BrN3O. The Morgan fingerprint density at radius 2 is 2.21 bits per heavy atom. The Labute approximate surface area is 122 Å². The first-order chi connectivity index (χ1) is 9.13. The highest BCUT2D eigenvalue weighted by Gasteiger charge is 2.32. The second-order valence-corrected chi connectivity index (χ2v) is 5.76. The maximum absolute atomic E-state index is 12.3. The number of hydrogen-bond donors (Lipinski definition) is 1. The minimum absolute atomic E-state index is 0.0690. The van der Waals surface area contributed by atoms with Gasteiger partial charge in [0.1, 0.15) is 6.04 Å². The molecule has 1 N–H and O–H groups in total. The maximum atomic E-state index is 12.3. The van der Waals surface area contributed by atoms with Crippen LogP contribution in [-0.2, 0) is 4.79 Å². The SMILES string of the molecule is CNCCC1C(=O)N(C)CCN1c1cccc(Br)c1. The zero-order chi connectivity index (χ0) is 13.8. The molecule has 1 unspecified atom stereocenters. The Balaban J connectivity index is 2.23. The fraction of sp³-hybridized carbons (Fsp3) is 0.500. The molecular weight excluding hydrogens is 306 g/mol. The third-order valence-corrected chi connectivity index (χ3v) is 4.01. The van der Waals surface area contributed by atoms with Crippen molar-refractivity contribution in [3.05, 3.63) is 28.7 Å². The fourth-order valence-electron chi connectivity index (χ4n) is 2.44. The van der Waals surface area contributed by atoms with Gasteiger partial charge in [-0.3, -0.25) is 4.79 Å². The molecule has 1 aliphatic heterocycles. The van der Waals surface area contributed by atoms with Crippen molar-refractivity contribution in [2.45, 2.75) is 12.5 Å². The molecule has 0 radical (unpaired) electrons. The molecule has 1 amide bonds. The van der Waals surface area contributed by atoms with E-state index in [0.29, 0.717) is 0 Å². The van der Waals surface area contributed by atoms with Crippen molar-refractivity contribution in [2.75, 3.05) is 38.6 Å². The van der Waals surface area contributed by atoms with Crippen LogP contribution in [-0.4, -0.2) is 50.6 Å². The average Bonchev–Trinajstić information content (AvgIpc) is 2.40. The van der Waals surface area contributed by atoms with Crippen LogP contribution < -0.4 is 10.2 Å². The van der Waals surface area contributed by atoms with Crippen LogP contribution in [0, 0.1) is 0 Å². The number of amides is 1. The molecule has 1 saturated heterocycles. The van der Waals surface area contributed by atoms with E-state index >= 15 is 0 Å². The van der Waals surface area contributed by atoms with Crippen LogP contribution in [0.15, 0.2) is 28.7 Å². The first-order valence-electron chi connectivity index (χ1n) is 6.55. The van der Waals surface area contributed by atoms with E-state index in [1.807, 2.05) is 31.1 Å². The molecule has 1 aromatic carbocycles. The smallest absolute Gasteiger partial charge is 0.245 e. The van der Waals surface area contributed by atoms with E-state index in [9.17, 15) is 4.79 Å². The maximum Gasteiger partial charge on any atom is 0.245 e. The standard InChI is InChI=1S/C14H20BrN3O/c1-16-7-6-13-14(19)17(2)8-9-18(13)12-5-3-4-11(15)10-12/h3-5,10,13,16H,6-9H2,1-2H3. The van der Waals surface area contributed by atoms with E-state index in [1.165, 1.54) is 0 Å². The Morgan fingerprint density at radius 1 is 1.42 bits per heavy atom. The Kier molecular flexibility index (Phi) is 4.82. The van der Waals surface area contributed by atoms with Gasteiger partial charge in [-0.2, -0.15) is 0 Å². The van der Waals surface area contributed by atoms with E-state index in [1.54, 1.807) is 0 Å². The number of carbonyl (C=O) groups excluding carboxylic acids is 1. The van der Waals surface area contributed by atoms with Crippen molar-refractivity contribution < 1.29 is 4.79 Å². The highest BCUT2D eigenvalue weighted by Crippen LogP contribution is 2.25. The van der Waals surface area contributed by atoms with Gasteiger partial charge < -0.3 is 15.1 Å². The molecule has 0 spiro atoms. The van der Waals surface area contributed by atoms with Gasteiger partial charge in [0.15, 0.2) is 0 Å². The number of benzene rings is 1. The van der Waals surface area contributed by atoms with Gasteiger partial charge >= 0.3 is 0 Å². The number of halogens is 1. The number of anilines is 1. The molecule has 1 aliphatic rings. The Morgan fingerprint density at radius 3 is 2.89 bits per heavy atom. The number of nitrogens with zero attached hydrogens (tertiary/aromatic N) is 2. The summed E-state index contributed by atoms with van der Waals surface area (Å²) in [6, 6.07) is 8.09. The zero-order valence-electron chi connectivity index (χ0n) is 11.4. The molecule has 1 atom stereocenters. The first kappa shape index (κ1) is 14.3. The highest BCUT2D eigenvalue weighted by molar-refractivity contribution is 9.10. The second kappa shape index (κ2) is 6.39. The molecule has 104 valence electrons. The van der Waals surface area contributed by atoms with E-state index in [2.05, 4.69) is 38.3 Å². The number of carbonyl (C=O) groups is 1. The largest absolute Gasteiger partial charge is 0.358 e. The lowest BCUT2D eigenvalue weighted by Gasteiger charge is -2.40. The van der Waals surface area contributed by atoms with Gasteiger partial charge in [-0.05, 0) is 38.2 Å². The minimum atomic E-state index is -0.0690. The lowest BCUT2D eigenvalue weighted by molar-refractivity contribution is -0.133. The molecule has 1 fully saturated rings. The van der Waals surface area contributed by atoms with Crippen LogP contribution in [0.4, 0.5) is 5.69 Å². The van der Waals surface area contributed by atoms with Gasteiger partial charge in [0.2, 0.25) is 5.91 Å². The first-order valence-corrected chi connectivity index (χ1v) is 7.34. The monoisotopic (exact) mass is 325 g/mol. The van der Waals surface area contributed by atoms with Crippen LogP contribution in [0.5, 0.6) is 0 Å². The van der Waals surface area contributed by atoms with Gasteiger partial charge in [-0.15, -0.1) is 0 Å². The molecule has 0 saturated carbocycles. The van der Waals surface area contributed by atoms with Gasteiger partial charge in [0.05, 0.1) is 0 Å². The molecule has 19 heavy (non-hydrogen) atoms. The molecule has 0 bridgehead atoms. The van der Waals surface area contributed by atoms with Crippen LogP contribution >= 0.6 is 15.9 Å². The number of hydrogen-bond acceptors (Lipinski definition) is 3. The van der Waals surface area contributed by atoms with Crippen molar-refractivity contribution in [1.82, 2.24) is 10.2 Å². The highest BCUT2D eigenvalue weighted by atomic mass is 79.9. The summed E-state index contributed by atoms with van der Waals surface area (Å²) in [5, 5.41) is 3.13. The molecule has 0 aliphatic carbocycles. The molecule has 0 aromatic heterocycles. The normalized spacial score (nSPS) is 19.9. The van der Waals surface area contributed by atoms with E-state index in [-0.39, 0.29) is 11.9 Å². The predicted molar refractivity (Wildman–Crippen MR) is 81.5 cm³/mol. The fourth-order valence-corrected chi connectivity index (χ4v) is 2.82. The van der Waals surface area contributed by atoms with Crippen LogP contribution in [0.1, 0.15) is 6.42 Å². The predicted octanol–water partition coefficient (Wildman–Crippen LogP) is 1.71. The van der Waals surface area contributed by atoms with E-state index in [0.717, 1.165) is 36.2 Å². The molecule has 4 nitrogen and oxygen atoms in total. The summed E-state index contributed by atoms with van der Waals surface area (Å²) in [7, 11) is 3.80. The average molecular weight is 326 g/mol. The van der Waals surface area contributed by atoms with E-state index in [4.69, 9.17) is 0 Å². The summed E-state index contributed by atoms with van der Waals surface area (Å²) in [6.45, 7) is 2.50. The molecule has 1 aromatic rings.